The SMILES string of the molecule is Cc1ccc(C)n1C1CCN(CCOc2ccccc2C#N)CC1. The lowest BCUT2D eigenvalue weighted by Crippen LogP contribution is -2.37. The molecule has 1 aromatic carbocycles. The van der Waals surface area contributed by atoms with Gasteiger partial charge in [0.2, 0.25) is 0 Å². The van der Waals surface area contributed by atoms with Crippen molar-refractivity contribution in [1.82, 2.24) is 9.47 Å². The summed E-state index contributed by atoms with van der Waals surface area (Å²) < 4.78 is 8.28. The Balaban J connectivity index is 1.47. The minimum absolute atomic E-state index is 0.606. The van der Waals surface area contributed by atoms with E-state index >= 15 is 0 Å². The van der Waals surface area contributed by atoms with Crippen LogP contribution in [0.5, 0.6) is 5.75 Å². The second-order valence-corrected chi connectivity index (χ2v) is 6.52. The molecule has 0 spiro atoms. The standard InChI is InChI=1S/C20H25N3O/c1-16-7-8-17(2)23(16)19-9-11-22(12-10-19)13-14-24-20-6-4-3-5-18(20)15-21/h3-8,19H,9-14H2,1-2H3. The number of nitrogens with zero attached hydrogens (tertiary/aromatic N) is 3. The van der Waals surface area contributed by atoms with Crippen molar-refractivity contribution in [1.29, 1.82) is 5.26 Å². The van der Waals surface area contributed by atoms with Crippen LogP contribution in [-0.2, 0) is 0 Å². The highest BCUT2D eigenvalue weighted by Gasteiger charge is 2.21. The summed E-state index contributed by atoms with van der Waals surface area (Å²) >= 11 is 0. The summed E-state index contributed by atoms with van der Waals surface area (Å²) in [6, 6.07) is 14.6. The van der Waals surface area contributed by atoms with E-state index in [-0.39, 0.29) is 0 Å². The molecule has 0 aliphatic carbocycles. The summed E-state index contributed by atoms with van der Waals surface area (Å²) in [5.41, 5.74) is 3.33. The fraction of sp³-hybridized carbons (Fsp3) is 0.450. The molecule has 0 radical (unpaired) electrons. The van der Waals surface area contributed by atoms with Crippen LogP contribution >= 0.6 is 0 Å². The molecule has 126 valence electrons. The summed E-state index contributed by atoms with van der Waals surface area (Å²) in [7, 11) is 0. The van der Waals surface area contributed by atoms with Gasteiger partial charge in [0.15, 0.2) is 0 Å². The zero-order chi connectivity index (χ0) is 16.9. The Morgan fingerprint density at radius 2 is 1.75 bits per heavy atom. The Morgan fingerprint density at radius 3 is 2.42 bits per heavy atom. The van der Waals surface area contributed by atoms with Crippen LogP contribution in [0, 0.1) is 25.2 Å². The number of aromatic nitrogens is 1. The van der Waals surface area contributed by atoms with Gasteiger partial charge in [-0.25, -0.2) is 0 Å². The molecular weight excluding hydrogens is 298 g/mol. The van der Waals surface area contributed by atoms with Crippen LogP contribution in [0.25, 0.3) is 0 Å². The number of ether oxygens (including phenoxy) is 1. The molecule has 3 rings (SSSR count). The molecule has 0 atom stereocenters. The van der Waals surface area contributed by atoms with Crippen molar-refractivity contribution < 1.29 is 4.74 Å². The van der Waals surface area contributed by atoms with Gasteiger partial charge in [-0.05, 0) is 51.0 Å². The van der Waals surface area contributed by atoms with E-state index in [1.807, 2.05) is 18.2 Å². The minimum Gasteiger partial charge on any atom is -0.491 e. The molecule has 24 heavy (non-hydrogen) atoms. The van der Waals surface area contributed by atoms with Crippen LogP contribution < -0.4 is 4.74 Å². The molecule has 0 bridgehead atoms. The molecular formula is C20H25N3O. The first-order valence-electron chi connectivity index (χ1n) is 8.68. The Labute approximate surface area is 144 Å². The van der Waals surface area contributed by atoms with Gasteiger partial charge in [0.05, 0.1) is 5.56 Å². The van der Waals surface area contributed by atoms with Crippen molar-refractivity contribution in [3.05, 3.63) is 53.3 Å². The van der Waals surface area contributed by atoms with Crippen molar-refractivity contribution in [3.63, 3.8) is 0 Å². The quantitative estimate of drug-likeness (QED) is 0.842. The molecule has 1 aliphatic rings. The number of likely N-dealkylation sites (tertiary alicyclic amines) is 1. The van der Waals surface area contributed by atoms with Crippen LogP contribution in [0.1, 0.15) is 35.8 Å². The van der Waals surface area contributed by atoms with Gasteiger partial charge in [-0.3, -0.25) is 4.90 Å². The van der Waals surface area contributed by atoms with Gasteiger partial charge in [0.1, 0.15) is 18.4 Å². The van der Waals surface area contributed by atoms with Gasteiger partial charge in [0.25, 0.3) is 0 Å². The van der Waals surface area contributed by atoms with Crippen molar-refractivity contribution in [2.45, 2.75) is 32.7 Å². The highest BCUT2D eigenvalue weighted by atomic mass is 16.5. The molecule has 0 N–H and O–H groups in total. The van der Waals surface area contributed by atoms with Crippen LogP contribution in [0.3, 0.4) is 0 Å². The summed E-state index contributed by atoms with van der Waals surface area (Å²) in [5, 5.41) is 9.09. The summed E-state index contributed by atoms with van der Waals surface area (Å²) in [6.45, 7) is 8.14. The lowest BCUT2D eigenvalue weighted by atomic mass is 10.0. The molecule has 1 saturated heterocycles. The number of nitriles is 1. The number of rotatable bonds is 5. The maximum atomic E-state index is 9.09. The van der Waals surface area contributed by atoms with E-state index in [2.05, 4.69) is 41.5 Å². The average Bonchev–Trinajstić information content (AvgIpc) is 2.95. The highest BCUT2D eigenvalue weighted by Crippen LogP contribution is 2.26. The third-order valence-electron chi connectivity index (χ3n) is 4.92. The first-order valence-corrected chi connectivity index (χ1v) is 8.68. The molecule has 4 nitrogen and oxygen atoms in total. The van der Waals surface area contributed by atoms with Crippen molar-refractivity contribution in [3.8, 4) is 11.8 Å². The minimum atomic E-state index is 0.606. The summed E-state index contributed by atoms with van der Waals surface area (Å²) in [4.78, 5) is 2.46. The Kier molecular flexibility index (Phi) is 5.22. The molecule has 4 heteroatoms. The van der Waals surface area contributed by atoms with Crippen LogP contribution in [0.15, 0.2) is 36.4 Å². The second kappa shape index (κ2) is 7.55. The number of para-hydroxylation sites is 1. The number of piperidine rings is 1. The van der Waals surface area contributed by atoms with E-state index in [4.69, 9.17) is 10.00 Å². The largest absolute Gasteiger partial charge is 0.491 e. The van der Waals surface area contributed by atoms with Gasteiger partial charge in [-0.2, -0.15) is 5.26 Å². The zero-order valence-electron chi connectivity index (χ0n) is 14.5. The number of hydrogen-bond donors (Lipinski definition) is 0. The summed E-state index contributed by atoms with van der Waals surface area (Å²) in [6.07, 6.45) is 2.37. The Bertz CT molecular complexity index is 701. The van der Waals surface area contributed by atoms with Crippen LogP contribution in [0.2, 0.25) is 0 Å². The van der Waals surface area contributed by atoms with E-state index in [1.165, 1.54) is 24.2 Å². The van der Waals surface area contributed by atoms with Crippen molar-refractivity contribution in [2.75, 3.05) is 26.2 Å². The second-order valence-electron chi connectivity index (χ2n) is 6.52. The van der Waals surface area contributed by atoms with Gasteiger partial charge in [0, 0.05) is 37.1 Å². The molecule has 2 heterocycles. The smallest absolute Gasteiger partial charge is 0.137 e. The molecule has 1 aromatic heterocycles. The van der Waals surface area contributed by atoms with Gasteiger partial charge in [-0.1, -0.05) is 12.1 Å². The topological polar surface area (TPSA) is 41.2 Å². The Hall–Kier alpha value is -2.25. The van der Waals surface area contributed by atoms with E-state index in [9.17, 15) is 0 Å². The predicted molar refractivity (Wildman–Crippen MR) is 95.3 cm³/mol. The van der Waals surface area contributed by atoms with Gasteiger partial charge < -0.3 is 9.30 Å². The zero-order valence-corrected chi connectivity index (χ0v) is 14.5. The maximum absolute atomic E-state index is 9.09. The molecule has 0 unspecified atom stereocenters. The fourth-order valence-electron chi connectivity index (χ4n) is 3.63. The number of aryl methyl sites for hydroxylation is 2. The Morgan fingerprint density at radius 1 is 1.08 bits per heavy atom. The molecule has 0 amide bonds. The average molecular weight is 323 g/mol. The number of hydrogen-bond acceptors (Lipinski definition) is 3. The van der Waals surface area contributed by atoms with Crippen molar-refractivity contribution >= 4 is 0 Å². The predicted octanol–water partition coefficient (Wildman–Crippen LogP) is 3.69. The maximum Gasteiger partial charge on any atom is 0.137 e. The normalized spacial score (nSPS) is 16.0. The van der Waals surface area contributed by atoms with E-state index in [1.54, 1.807) is 6.07 Å². The molecule has 2 aromatic rings. The van der Waals surface area contributed by atoms with E-state index in [0.717, 1.165) is 19.6 Å². The highest BCUT2D eigenvalue weighted by molar-refractivity contribution is 5.42. The third-order valence-corrected chi connectivity index (χ3v) is 4.92. The van der Waals surface area contributed by atoms with Crippen molar-refractivity contribution in [2.24, 2.45) is 0 Å². The first kappa shape index (κ1) is 16.6. The van der Waals surface area contributed by atoms with Crippen LogP contribution in [0.4, 0.5) is 0 Å². The monoisotopic (exact) mass is 323 g/mol. The lowest BCUT2D eigenvalue weighted by molar-refractivity contribution is 0.155. The molecule has 0 saturated carbocycles. The third kappa shape index (κ3) is 3.63. The van der Waals surface area contributed by atoms with Gasteiger partial charge in [-0.15, -0.1) is 0 Å². The fourth-order valence-corrected chi connectivity index (χ4v) is 3.63. The van der Waals surface area contributed by atoms with Crippen LogP contribution in [-0.4, -0.2) is 35.7 Å². The van der Waals surface area contributed by atoms with E-state index < -0.39 is 0 Å². The number of benzene rings is 1. The van der Waals surface area contributed by atoms with E-state index in [0.29, 0.717) is 24.0 Å². The summed E-state index contributed by atoms with van der Waals surface area (Å²) in [5.74, 6) is 0.688. The molecule has 1 fully saturated rings. The van der Waals surface area contributed by atoms with Gasteiger partial charge >= 0.3 is 0 Å². The lowest BCUT2D eigenvalue weighted by Gasteiger charge is -2.34. The molecule has 1 aliphatic heterocycles. The first-order chi connectivity index (χ1) is 11.7.